The number of aliphatic carboxylic acids is 1. The third-order valence-corrected chi connectivity index (χ3v) is 4.13. The van der Waals surface area contributed by atoms with Gasteiger partial charge in [-0.05, 0) is 19.4 Å². The van der Waals surface area contributed by atoms with Crippen LogP contribution in [0.1, 0.15) is 19.8 Å². The van der Waals surface area contributed by atoms with Crippen molar-refractivity contribution in [3.8, 4) is 0 Å². The number of hydrogen-bond acceptors (Lipinski definition) is 3. The zero-order chi connectivity index (χ0) is 13.8. The van der Waals surface area contributed by atoms with Crippen LogP contribution in [0, 0.1) is 5.92 Å². The van der Waals surface area contributed by atoms with Crippen molar-refractivity contribution in [1.29, 1.82) is 0 Å². The van der Waals surface area contributed by atoms with Crippen LogP contribution >= 0.6 is 0 Å². The number of piperidine rings is 1. The number of carbonyl (C=O) groups is 2. The van der Waals surface area contributed by atoms with Gasteiger partial charge in [0.15, 0.2) is 0 Å². The van der Waals surface area contributed by atoms with Crippen LogP contribution in [-0.4, -0.2) is 77.6 Å². The highest BCUT2D eigenvalue weighted by Crippen LogP contribution is 2.18. The zero-order valence-electron chi connectivity index (χ0n) is 11.5. The lowest BCUT2D eigenvalue weighted by molar-refractivity contribution is -0.143. The Bertz CT molecular complexity index is 340. The summed E-state index contributed by atoms with van der Waals surface area (Å²) in [7, 11) is 0. The summed E-state index contributed by atoms with van der Waals surface area (Å²) in [5, 5.41) is 9.06. The van der Waals surface area contributed by atoms with Gasteiger partial charge in [0.2, 0.25) is 0 Å². The molecule has 0 aromatic carbocycles. The maximum absolute atomic E-state index is 12.4. The molecule has 0 saturated carbocycles. The molecule has 2 aliphatic rings. The lowest BCUT2D eigenvalue weighted by Gasteiger charge is -2.39. The van der Waals surface area contributed by atoms with Gasteiger partial charge < -0.3 is 19.8 Å². The normalized spacial score (nSPS) is 25.4. The maximum atomic E-state index is 12.4. The molecule has 2 fully saturated rings. The summed E-state index contributed by atoms with van der Waals surface area (Å²) >= 11 is 0. The second kappa shape index (κ2) is 6.23. The highest BCUT2D eigenvalue weighted by Gasteiger charge is 2.31. The molecule has 6 heteroatoms. The molecule has 0 unspecified atom stereocenters. The third-order valence-electron chi connectivity index (χ3n) is 4.13. The van der Waals surface area contributed by atoms with Crippen LogP contribution < -0.4 is 0 Å². The number of carbonyl (C=O) groups excluding carboxylic acids is 1. The number of nitrogens with zero attached hydrogens (tertiary/aromatic N) is 3. The number of carboxylic acids is 1. The second-order valence-corrected chi connectivity index (χ2v) is 5.33. The van der Waals surface area contributed by atoms with Gasteiger partial charge in [0.05, 0.1) is 5.92 Å². The number of carboxylic acid groups (broad SMARTS) is 1. The van der Waals surface area contributed by atoms with Crippen molar-refractivity contribution < 1.29 is 14.7 Å². The standard InChI is InChI=1S/C13H23N3O3/c1-2-14-6-8-15(9-7-14)13(19)16-5-3-4-11(10-16)12(17)18/h11H,2-10H2,1H3,(H,17,18)/t11-/m0/s1. The van der Waals surface area contributed by atoms with Gasteiger partial charge in [0.1, 0.15) is 0 Å². The minimum atomic E-state index is -0.784. The lowest BCUT2D eigenvalue weighted by Crippen LogP contribution is -2.54. The first-order chi connectivity index (χ1) is 9.11. The highest BCUT2D eigenvalue weighted by molar-refractivity contribution is 5.76. The van der Waals surface area contributed by atoms with Gasteiger partial charge in [-0.25, -0.2) is 4.79 Å². The van der Waals surface area contributed by atoms with Crippen molar-refractivity contribution in [3.05, 3.63) is 0 Å². The van der Waals surface area contributed by atoms with Crippen molar-refractivity contribution in [2.75, 3.05) is 45.8 Å². The molecule has 0 bridgehead atoms. The van der Waals surface area contributed by atoms with Crippen molar-refractivity contribution in [3.63, 3.8) is 0 Å². The van der Waals surface area contributed by atoms with Gasteiger partial charge in [0.25, 0.3) is 0 Å². The number of hydrogen-bond donors (Lipinski definition) is 1. The fraction of sp³-hybridized carbons (Fsp3) is 0.846. The van der Waals surface area contributed by atoms with E-state index in [2.05, 4.69) is 11.8 Å². The topological polar surface area (TPSA) is 64.1 Å². The quantitative estimate of drug-likeness (QED) is 0.794. The van der Waals surface area contributed by atoms with Gasteiger partial charge in [-0.15, -0.1) is 0 Å². The predicted molar refractivity (Wildman–Crippen MR) is 71.0 cm³/mol. The Morgan fingerprint density at radius 2 is 1.79 bits per heavy atom. The number of likely N-dealkylation sites (N-methyl/N-ethyl adjacent to an activating group) is 1. The van der Waals surface area contributed by atoms with E-state index in [1.165, 1.54) is 0 Å². The summed E-state index contributed by atoms with van der Waals surface area (Å²) in [6.07, 6.45) is 1.47. The zero-order valence-corrected chi connectivity index (χ0v) is 11.5. The van der Waals surface area contributed by atoms with Crippen LogP contribution in [-0.2, 0) is 4.79 Å². The molecule has 1 atom stereocenters. The van der Waals surface area contributed by atoms with E-state index >= 15 is 0 Å². The Hall–Kier alpha value is -1.30. The Labute approximate surface area is 114 Å². The van der Waals surface area contributed by atoms with Gasteiger partial charge in [0, 0.05) is 39.3 Å². The molecule has 2 saturated heterocycles. The van der Waals surface area contributed by atoms with E-state index < -0.39 is 11.9 Å². The highest BCUT2D eigenvalue weighted by atomic mass is 16.4. The molecule has 2 rings (SSSR count). The number of urea groups is 1. The van der Waals surface area contributed by atoms with E-state index in [0.29, 0.717) is 19.5 Å². The van der Waals surface area contributed by atoms with Gasteiger partial charge in [-0.3, -0.25) is 4.79 Å². The molecule has 108 valence electrons. The molecular weight excluding hydrogens is 246 g/mol. The summed E-state index contributed by atoms with van der Waals surface area (Å²) in [6, 6.07) is 0.0155. The first-order valence-corrected chi connectivity index (χ1v) is 7.10. The van der Waals surface area contributed by atoms with E-state index in [0.717, 1.165) is 39.1 Å². The van der Waals surface area contributed by atoms with Gasteiger partial charge in [-0.1, -0.05) is 6.92 Å². The largest absolute Gasteiger partial charge is 0.481 e. The van der Waals surface area contributed by atoms with Crippen molar-refractivity contribution >= 4 is 12.0 Å². The van der Waals surface area contributed by atoms with Gasteiger partial charge >= 0.3 is 12.0 Å². The fourth-order valence-corrected chi connectivity index (χ4v) is 2.81. The lowest BCUT2D eigenvalue weighted by atomic mass is 9.98. The predicted octanol–water partition coefficient (Wildman–Crippen LogP) is 0.540. The molecule has 0 aromatic rings. The minimum Gasteiger partial charge on any atom is -0.481 e. The van der Waals surface area contributed by atoms with Crippen LogP contribution in [0.3, 0.4) is 0 Å². The van der Waals surface area contributed by atoms with E-state index in [1.54, 1.807) is 4.90 Å². The molecule has 0 radical (unpaired) electrons. The number of rotatable bonds is 2. The Balaban J connectivity index is 1.87. The number of likely N-dealkylation sites (tertiary alicyclic amines) is 1. The fourth-order valence-electron chi connectivity index (χ4n) is 2.81. The van der Waals surface area contributed by atoms with Crippen LogP contribution in [0.2, 0.25) is 0 Å². The Morgan fingerprint density at radius 3 is 2.37 bits per heavy atom. The molecule has 2 amide bonds. The van der Waals surface area contributed by atoms with E-state index in [1.807, 2.05) is 4.90 Å². The molecule has 0 aromatic heterocycles. The van der Waals surface area contributed by atoms with E-state index in [9.17, 15) is 9.59 Å². The monoisotopic (exact) mass is 269 g/mol. The average Bonchev–Trinajstić information content (AvgIpc) is 2.46. The first-order valence-electron chi connectivity index (χ1n) is 7.10. The van der Waals surface area contributed by atoms with Crippen molar-refractivity contribution in [1.82, 2.24) is 14.7 Å². The molecule has 2 heterocycles. The van der Waals surface area contributed by atoms with E-state index in [-0.39, 0.29) is 6.03 Å². The number of amides is 2. The molecule has 6 nitrogen and oxygen atoms in total. The second-order valence-electron chi connectivity index (χ2n) is 5.33. The summed E-state index contributed by atoms with van der Waals surface area (Å²) < 4.78 is 0. The van der Waals surface area contributed by atoms with Crippen molar-refractivity contribution in [2.45, 2.75) is 19.8 Å². The SMILES string of the molecule is CCN1CCN(C(=O)N2CCC[C@H](C(=O)O)C2)CC1. The maximum Gasteiger partial charge on any atom is 0.320 e. The molecule has 2 aliphatic heterocycles. The Kier molecular flexibility index (Phi) is 4.63. The summed E-state index contributed by atoms with van der Waals surface area (Å²) in [6.45, 7) is 7.53. The first kappa shape index (κ1) is 14.1. The van der Waals surface area contributed by atoms with E-state index in [4.69, 9.17) is 5.11 Å². The number of piperazine rings is 1. The van der Waals surface area contributed by atoms with Crippen LogP contribution in [0.4, 0.5) is 4.79 Å². The van der Waals surface area contributed by atoms with Gasteiger partial charge in [-0.2, -0.15) is 0 Å². The molecule has 0 aliphatic carbocycles. The summed E-state index contributed by atoms with van der Waals surface area (Å²) in [5.41, 5.74) is 0. The molecule has 0 spiro atoms. The average molecular weight is 269 g/mol. The van der Waals surface area contributed by atoms with Crippen LogP contribution in [0.15, 0.2) is 0 Å². The smallest absolute Gasteiger partial charge is 0.320 e. The summed E-state index contributed by atoms with van der Waals surface area (Å²) in [4.78, 5) is 29.3. The van der Waals surface area contributed by atoms with Crippen molar-refractivity contribution in [2.24, 2.45) is 5.92 Å². The minimum absolute atomic E-state index is 0.0155. The van der Waals surface area contributed by atoms with Crippen LogP contribution in [0.25, 0.3) is 0 Å². The molecular formula is C13H23N3O3. The molecule has 1 N–H and O–H groups in total. The van der Waals surface area contributed by atoms with Crippen LogP contribution in [0.5, 0.6) is 0 Å². The Morgan fingerprint density at radius 1 is 1.11 bits per heavy atom. The molecule has 19 heavy (non-hydrogen) atoms. The summed E-state index contributed by atoms with van der Waals surface area (Å²) in [5.74, 6) is -1.18. The third kappa shape index (κ3) is 3.37.